The van der Waals surface area contributed by atoms with Crippen LogP contribution >= 0.6 is 0 Å². The van der Waals surface area contributed by atoms with Gasteiger partial charge in [0, 0.05) is 18.7 Å². The van der Waals surface area contributed by atoms with Crippen molar-refractivity contribution in [2.75, 3.05) is 13.6 Å². The van der Waals surface area contributed by atoms with E-state index in [1.807, 2.05) is 0 Å². The summed E-state index contributed by atoms with van der Waals surface area (Å²) in [6.45, 7) is 0.215. The molecule has 1 aromatic rings. The van der Waals surface area contributed by atoms with Crippen LogP contribution in [0.25, 0.3) is 0 Å². The summed E-state index contributed by atoms with van der Waals surface area (Å²) in [6.07, 6.45) is 2.97. The Morgan fingerprint density at radius 3 is 2.63 bits per heavy atom. The van der Waals surface area contributed by atoms with Gasteiger partial charge in [0.15, 0.2) is 0 Å². The second-order valence-electron chi connectivity index (χ2n) is 4.61. The van der Waals surface area contributed by atoms with Crippen LogP contribution in [0.15, 0.2) is 29.2 Å². The second kappa shape index (κ2) is 5.74. The van der Waals surface area contributed by atoms with E-state index in [0.717, 1.165) is 19.3 Å². The Morgan fingerprint density at radius 1 is 1.37 bits per heavy atom. The van der Waals surface area contributed by atoms with Gasteiger partial charge in [0.05, 0.1) is 11.4 Å². The summed E-state index contributed by atoms with van der Waals surface area (Å²) < 4.78 is 26.6. The minimum absolute atomic E-state index is 0.125. The molecule has 1 aliphatic rings. The van der Waals surface area contributed by atoms with Crippen LogP contribution in [0.5, 0.6) is 0 Å². The molecule has 19 heavy (non-hydrogen) atoms. The number of benzene rings is 1. The molecule has 1 saturated carbocycles. The first-order chi connectivity index (χ1) is 9.07. The van der Waals surface area contributed by atoms with Crippen molar-refractivity contribution in [3.8, 4) is 11.8 Å². The highest BCUT2D eigenvalue weighted by Gasteiger charge is 2.32. The second-order valence-corrected chi connectivity index (χ2v) is 6.57. The monoisotopic (exact) mass is 278 g/mol. The summed E-state index contributed by atoms with van der Waals surface area (Å²) in [5.41, 5.74) is 5.85. The first kappa shape index (κ1) is 14.1. The highest BCUT2D eigenvalue weighted by molar-refractivity contribution is 7.89. The van der Waals surface area contributed by atoms with Gasteiger partial charge in [-0.05, 0) is 25.0 Å². The fourth-order valence-electron chi connectivity index (χ4n) is 2.04. The number of nitrogens with two attached hydrogens (primary N) is 1. The van der Waals surface area contributed by atoms with E-state index in [1.165, 1.54) is 4.31 Å². The SMILES string of the molecule is CN(C1CCC1)S(=O)(=O)c1ccccc1C#CCN. The Balaban J connectivity index is 2.39. The van der Waals surface area contributed by atoms with Crippen molar-refractivity contribution in [1.82, 2.24) is 4.31 Å². The summed E-state index contributed by atoms with van der Waals surface area (Å²) in [6, 6.07) is 6.94. The molecule has 0 heterocycles. The van der Waals surface area contributed by atoms with Crippen molar-refractivity contribution in [3.63, 3.8) is 0 Å². The molecule has 0 spiro atoms. The normalized spacial score (nSPS) is 15.7. The molecule has 0 bridgehead atoms. The van der Waals surface area contributed by atoms with E-state index in [4.69, 9.17) is 5.73 Å². The molecule has 0 aliphatic heterocycles. The zero-order valence-electron chi connectivity index (χ0n) is 11.0. The van der Waals surface area contributed by atoms with E-state index < -0.39 is 10.0 Å². The summed E-state index contributed by atoms with van der Waals surface area (Å²) in [5, 5.41) is 0. The molecule has 1 fully saturated rings. The maximum Gasteiger partial charge on any atom is 0.244 e. The van der Waals surface area contributed by atoms with Crippen molar-refractivity contribution < 1.29 is 8.42 Å². The third-order valence-corrected chi connectivity index (χ3v) is 5.43. The first-order valence-electron chi connectivity index (χ1n) is 6.33. The van der Waals surface area contributed by atoms with Gasteiger partial charge in [0.25, 0.3) is 0 Å². The van der Waals surface area contributed by atoms with Crippen molar-refractivity contribution in [2.45, 2.75) is 30.2 Å². The van der Waals surface area contributed by atoms with Crippen LogP contribution in [0.4, 0.5) is 0 Å². The van der Waals surface area contributed by atoms with E-state index in [0.29, 0.717) is 5.56 Å². The molecule has 2 N–H and O–H groups in total. The standard InChI is InChI=1S/C14H18N2O2S/c1-16(13-8-4-9-13)19(17,18)14-10-3-2-6-12(14)7-5-11-15/h2-3,6,10,13H,4,8-9,11,15H2,1H3. The van der Waals surface area contributed by atoms with Crippen LogP contribution in [0, 0.1) is 11.8 Å². The van der Waals surface area contributed by atoms with Gasteiger partial charge in [-0.1, -0.05) is 30.4 Å². The van der Waals surface area contributed by atoms with Crippen molar-refractivity contribution in [3.05, 3.63) is 29.8 Å². The van der Waals surface area contributed by atoms with Gasteiger partial charge in [0.1, 0.15) is 0 Å². The quantitative estimate of drug-likeness (QED) is 0.844. The zero-order chi connectivity index (χ0) is 13.9. The molecule has 0 amide bonds. The van der Waals surface area contributed by atoms with Crippen LogP contribution in [0.2, 0.25) is 0 Å². The predicted octanol–water partition coefficient (Wildman–Crippen LogP) is 1.17. The van der Waals surface area contributed by atoms with Crippen molar-refractivity contribution in [1.29, 1.82) is 0 Å². The van der Waals surface area contributed by atoms with Gasteiger partial charge in [-0.15, -0.1) is 0 Å². The molecule has 4 nitrogen and oxygen atoms in total. The van der Waals surface area contributed by atoms with Crippen molar-refractivity contribution >= 4 is 10.0 Å². The molecular formula is C14H18N2O2S. The molecular weight excluding hydrogens is 260 g/mol. The molecule has 102 valence electrons. The molecule has 0 unspecified atom stereocenters. The van der Waals surface area contributed by atoms with Gasteiger partial charge in [0.2, 0.25) is 10.0 Å². The maximum atomic E-state index is 12.6. The number of sulfonamides is 1. The van der Waals surface area contributed by atoms with Crippen LogP contribution in [-0.2, 0) is 10.0 Å². The fourth-order valence-corrected chi connectivity index (χ4v) is 3.60. The lowest BCUT2D eigenvalue weighted by atomic mass is 9.94. The lowest BCUT2D eigenvalue weighted by molar-refractivity contribution is 0.249. The molecule has 0 aromatic heterocycles. The number of hydrogen-bond donors (Lipinski definition) is 1. The van der Waals surface area contributed by atoms with Crippen LogP contribution < -0.4 is 5.73 Å². The molecule has 1 aromatic carbocycles. The van der Waals surface area contributed by atoms with Gasteiger partial charge >= 0.3 is 0 Å². The van der Waals surface area contributed by atoms with Gasteiger partial charge in [-0.25, -0.2) is 8.42 Å². The summed E-state index contributed by atoms with van der Waals surface area (Å²) in [7, 11) is -1.82. The molecule has 0 saturated heterocycles. The Labute approximate surface area is 114 Å². The minimum Gasteiger partial charge on any atom is -0.320 e. The molecule has 0 radical (unpaired) electrons. The largest absolute Gasteiger partial charge is 0.320 e. The van der Waals surface area contributed by atoms with E-state index in [1.54, 1.807) is 31.3 Å². The smallest absolute Gasteiger partial charge is 0.244 e. The average molecular weight is 278 g/mol. The molecule has 1 aliphatic carbocycles. The zero-order valence-corrected chi connectivity index (χ0v) is 11.8. The highest BCUT2D eigenvalue weighted by atomic mass is 32.2. The van der Waals surface area contributed by atoms with Crippen molar-refractivity contribution in [2.24, 2.45) is 5.73 Å². The van der Waals surface area contributed by atoms with Crippen LogP contribution in [0.3, 0.4) is 0 Å². The lowest BCUT2D eigenvalue weighted by Crippen LogP contribution is -2.41. The Morgan fingerprint density at radius 2 is 2.05 bits per heavy atom. The Bertz CT molecular complexity index is 610. The average Bonchev–Trinajstić information content (AvgIpc) is 2.34. The van der Waals surface area contributed by atoms with E-state index in [-0.39, 0.29) is 17.5 Å². The number of rotatable bonds is 3. The van der Waals surface area contributed by atoms with E-state index in [2.05, 4.69) is 11.8 Å². The van der Waals surface area contributed by atoms with Gasteiger partial charge in [-0.2, -0.15) is 4.31 Å². The third kappa shape index (κ3) is 2.81. The Hall–Kier alpha value is -1.35. The first-order valence-corrected chi connectivity index (χ1v) is 7.77. The van der Waals surface area contributed by atoms with Crippen LogP contribution in [-0.4, -0.2) is 32.4 Å². The number of nitrogens with zero attached hydrogens (tertiary/aromatic N) is 1. The van der Waals surface area contributed by atoms with Crippen LogP contribution in [0.1, 0.15) is 24.8 Å². The van der Waals surface area contributed by atoms with Gasteiger partial charge in [-0.3, -0.25) is 0 Å². The molecule has 2 rings (SSSR count). The minimum atomic E-state index is -3.47. The molecule has 0 atom stereocenters. The summed E-state index contributed by atoms with van der Waals surface area (Å²) in [4.78, 5) is 0.269. The Kier molecular flexibility index (Phi) is 4.25. The molecule has 5 heteroatoms. The summed E-state index contributed by atoms with van der Waals surface area (Å²) in [5.74, 6) is 5.54. The van der Waals surface area contributed by atoms with Gasteiger partial charge < -0.3 is 5.73 Å². The number of hydrogen-bond acceptors (Lipinski definition) is 3. The maximum absolute atomic E-state index is 12.6. The topological polar surface area (TPSA) is 63.4 Å². The van der Waals surface area contributed by atoms with E-state index in [9.17, 15) is 8.42 Å². The summed E-state index contributed by atoms with van der Waals surface area (Å²) >= 11 is 0. The predicted molar refractivity (Wildman–Crippen MR) is 75.0 cm³/mol. The lowest BCUT2D eigenvalue weighted by Gasteiger charge is -2.33. The fraction of sp³-hybridized carbons (Fsp3) is 0.429. The van der Waals surface area contributed by atoms with E-state index >= 15 is 0 Å². The highest BCUT2D eigenvalue weighted by Crippen LogP contribution is 2.29. The third-order valence-electron chi connectivity index (χ3n) is 3.46.